The van der Waals surface area contributed by atoms with Gasteiger partial charge in [-0.2, -0.15) is 0 Å². The predicted octanol–water partition coefficient (Wildman–Crippen LogP) is 3.91. The van der Waals surface area contributed by atoms with E-state index in [9.17, 15) is 4.79 Å². The Labute approximate surface area is 135 Å². The van der Waals surface area contributed by atoms with Crippen molar-refractivity contribution in [1.82, 2.24) is 4.98 Å². The lowest BCUT2D eigenvalue weighted by Crippen LogP contribution is -2.14. The van der Waals surface area contributed by atoms with Crippen LogP contribution in [0.4, 0.5) is 5.82 Å². The van der Waals surface area contributed by atoms with E-state index in [2.05, 4.69) is 32.9 Å². The number of hydrogen-bond acceptors (Lipinski definition) is 3. The lowest BCUT2D eigenvalue weighted by molar-refractivity contribution is 0.102. The molecule has 0 saturated heterocycles. The van der Waals surface area contributed by atoms with E-state index < -0.39 is 0 Å². The molecule has 2 rings (SSSR count). The number of rotatable bonds is 3. The van der Waals surface area contributed by atoms with E-state index in [0.717, 1.165) is 9.13 Å². The zero-order valence-corrected chi connectivity index (χ0v) is 13.8. The Morgan fingerprint density at radius 2 is 2.15 bits per heavy atom. The first-order valence-corrected chi connectivity index (χ1v) is 7.24. The molecule has 1 heterocycles. The number of aryl methyl sites for hydroxylation is 1. The van der Waals surface area contributed by atoms with Crippen molar-refractivity contribution in [2.45, 2.75) is 6.92 Å². The summed E-state index contributed by atoms with van der Waals surface area (Å²) in [6.45, 7) is 1.93. The van der Waals surface area contributed by atoms with Crippen LogP contribution in [0.15, 0.2) is 30.5 Å². The minimum Gasteiger partial charge on any atom is -0.496 e. The maximum atomic E-state index is 12.3. The van der Waals surface area contributed by atoms with Crippen LogP contribution < -0.4 is 10.1 Å². The zero-order valence-electron chi connectivity index (χ0n) is 10.9. The Bertz CT molecular complexity index is 644. The van der Waals surface area contributed by atoms with Crippen LogP contribution in [0.5, 0.6) is 5.75 Å². The molecule has 0 spiro atoms. The highest BCUT2D eigenvalue weighted by Crippen LogP contribution is 2.28. The average molecular weight is 403 g/mol. The first kappa shape index (κ1) is 15.1. The van der Waals surface area contributed by atoms with E-state index in [-0.39, 0.29) is 5.91 Å². The van der Waals surface area contributed by atoms with Crippen LogP contribution in [-0.2, 0) is 0 Å². The Hall–Kier alpha value is -1.34. The summed E-state index contributed by atoms with van der Waals surface area (Å²) in [4.78, 5) is 16.4. The summed E-state index contributed by atoms with van der Waals surface area (Å²) in [6.07, 6.45) is 1.69. The molecule has 0 unspecified atom stereocenters. The number of nitrogens with zero attached hydrogens (tertiary/aromatic N) is 1. The maximum absolute atomic E-state index is 12.3. The highest BCUT2D eigenvalue weighted by atomic mass is 127. The van der Waals surface area contributed by atoms with Gasteiger partial charge in [0.15, 0.2) is 0 Å². The van der Waals surface area contributed by atoms with Crippen molar-refractivity contribution in [3.63, 3.8) is 0 Å². The second-order valence-electron chi connectivity index (χ2n) is 4.14. The molecule has 0 saturated carbocycles. The fraction of sp³-hybridized carbons (Fsp3) is 0.143. The van der Waals surface area contributed by atoms with Gasteiger partial charge in [0.2, 0.25) is 0 Å². The van der Waals surface area contributed by atoms with Gasteiger partial charge in [-0.15, -0.1) is 0 Å². The van der Waals surface area contributed by atoms with Gasteiger partial charge in [-0.1, -0.05) is 17.7 Å². The smallest absolute Gasteiger partial charge is 0.260 e. The molecule has 20 heavy (non-hydrogen) atoms. The molecule has 1 N–H and O–H groups in total. The first-order valence-electron chi connectivity index (χ1n) is 5.78. The van der Waals surface area contributed by atoms with Crippen LogP contribution >= 0.6 is 34.2 Å². The molecule has 1 aromatic carbocycles. The number of halogens is 2. The summed E-state index contributed by atoms with van der Waals surface area (Å²) in [5.41, 5.74) is 1.40. The van der Waals surface area contributed by atoms with Crippen molar-refractivity contribution in [3.8, 4) is 5.75 Å². The van der Waals surface area contributed by atoms with Gasteiger partial charge in [0.1, 0.15) is 11.6 Å². The van der Waals surface area contributed by atoms with E-state index in [0.29, 0.717) is 22.2 Å². The molecule has 4 nitrogen and oxygen atoms in total. The van der Waals surface area contributed by atoms with Gasteiger partial charge in [0.05, 0.1) is 17.7 Å². The molecule has 0 aliphatic rings. The molecule has 0 radical (unpaired) electrons. The minimum atomic E-state index is -0.309. The SMILES string of the molecule is COc1cc(I)c(Cl)cc1C(=O)Nc1ccc(C)cn1. The second kappa shape index (κ2) is 6.41. The number of benzene rings is 1. The standard InChI is InChI=1S/C14H12ClIN2O2/c1-8-3-4-13(17-7-8)18-14(19)9-5-10(15)11(16)6-12(9)20-2/h3-7H,1-2H3,(H,17,18,19). The molecule has 0 aliphatic carbocycles. The summed E-state index contributed by atoms with van der Waals surface area (Å²) < 4.78 is 6.04. The Morgan fingerprint density at radius 3 is 2.75 bits per heavy atom. The number of pyridine rings is 1. The highest BCUT2D eigenvalue weighted by molar-refractivity contribution is 14.1. The third kappa shape index (κ3) is 3.40. The van der Waals surface area contributed by atoms with Crippen LogP contribution in [0.1, 0.15) is 15.9 Å². The third-order valence-corrected chi connectivity index (χ3v) is 4.16. The lowest BCUT2D eigenvalue weighted by Gasteiger charge is -2.10. The number of nitrogens with one attached hydrogen (secondary N) is 1. The molecule has 1 aromatic heterocycles. The van der Waals surface area contributed by atoms with E-state index in [4.69, 9.17) is 16.3 Å². The number of ether oxygens (including phenoxy) is 1. The number of hydrogen-bond donors (Lipinski definition) is 1. The molecular formula is C14H12ClIN2O2. The maximum Gasteiger partial charge on any atom is 0.260 e. The zero-order chi connectivity index (χ0) is 14.7. The topological polar surface area (TPSA) is 51.2 Å². The fourth-order valence-electron chi connectivity index (χ4n) is 1.60. The summed E-state index contributed by atoms with van der Waals surface area (Å²) in [7, 11) is 1.51. The quantitative estimate of drug-likeness (QED) is 0.792. The minimum absolute atomic E-state index is 0.309. The summed E-state index contributed by atoms with van der Waals surface area (Å²) in [5.74, 6) is 0.650. The Kier molecular flexibility index (Phi) is 4.82. The normalized spacial score (nSPS) is 10.2. The average Bonchev–Trinajstić information content (AvgIpc) is 2.43. The predicted molar refractivity (Wildman–Crippen MR) is 87.6 cm³/mol. The molecule has 104 valence electrons. The summed E-state index contributed by atoms with van der Waals surface area (Å²) >= 11 is 8.14. The second-order valence-corrected chi connectivity index (χ2v) is 5.71. The van der Waals surface area contributed by atoms with Gasteiger partial charge >= 0.3 is 0 Å². The van der Waals surface area contributed by atoms with Crippen LogP contribution in [0.2, 0.25) is 5.02 Å². The van der Waals surface area contributed by atoms with Crippen molar-refractivity contribution in [2.24, 2.45) is 0 Å². The van der Waals surface area contributed by atoms with Crippen LogP contribution in [0, 0.1) is 10.5 Å². The summed E-state index contributed by atoms with van der Waals surface area (Å²) in [5, 5.41) is 3.22. The van der Waals surface area contributed by atoms with Gasteiger partial charge in [-0.05, 0) is 53.3 Å². The lowest BCUT2D eigenvalue weighted by atomic mass is 10.2. The number of aromatic nitrogens is 1. The number of amides is 1. The van der Waals surface area contributed by atoms with E-state index in [1.165, 1.54) is 7.11 Å². The van der Waals surface area contributed by atoms with Crippen LogP contribution in [0.3, 0.4) is 0 Å². The molecule has 0 bridgehead atoms. The molecule has 0 fully saturated rings. The Balaban J connectivity index is 2.29. The fourth-order valence-corrected chi connectivity index (χ4v) is 2.20. The molecule has 1 amide bonds. The Morgan fingerprint density at radius 1 is 1.40 bits per heavy atom. The number of carbonyl (C=O) groups excluding carboxylic acids is 1. The summed E-state index contributed by atoms with van der Waals surface area (Å²) in [6, 6.07) is 6.93. The molecule has 2 aromatic rings. The number of anilines is 1. The van der Waals surface area contributed by atoms with Gasteiger partial charge in [0.25, 0.3) is 5.91 Å². The van der Waals surface area contributed by atoms with E-state index >= 15 is 0 Å². The number of methoxy groups -OCH3 is 1. The van der Waals surface area contributed by atoms with Crippen LogP contribution in [0.25, 0.3) is 0 Å². The molecule has 0 atom stereocenters. The van der Waals surface area contributed by atoms with E-state index in [1.54, 1.807) is 24.4 Å². The molecule has 0 aliphatic heterocycles. The van der Waals surface area contributed by atoms with Crippen molar-refractivity contribution in [2.75, 3.05) is 12.4 Å². The highest BCUT2D eigenvalue weighted by Gasteiger charge is 2.15. The van der Waals surface area contributed by atoms with Gasteiger partial charge in [0, 0.05) is 9.77 Å². The molecule has 6 heteroatoms. The van der Waals surface area contributed by atoms with Gasteiger partial charge in [-0.25, -0.2) is 4.98 Å². The molecular weight excluding hydrogens is 391 g/mol. The first-order chi connectivity index (χ1) is 9.51. The largest absolute Gasteiger partial charge is 0.496 e. The monoisotopic (exact) mass is 402 g/mol. The van der Waals surface area contributed by atoms with Crippen molar-refractivity contribution in [1.29, 1.82) is 0 Å². The van der Waals surface area contributed by atoms with E-state index in [1.807, 2.05) is 13.0 Å². The van der Waals surface area contributed by atoms with Crippen molar-refractivity contribution >= 4 is 45.9 Å². The number of carbonyl (C=O) groups is 1. The van der Waals surface area contributed by atoms with Crippen molar-refractivity contribution in [3.05, 3.63) is 50.2 Å². The van der Waals surface area contributed by atoms with Crippen molar-refractivity contribution < 1.29 is 9.53 Å². The van der Waals surface area contributed by atoms with Gasteiger partial charge in [-0.3, -0.25) is 4.79 Å². The third-order valence-electron chi connectivity index (χ3n) is 2.64. The van der Waals surface area contributed by atoms with Gasteiger partial charge < -0.3 is 10.1 Å². The van der Waals surface area contributed by atoms with Crippen LogP contribution in [-0.4, -0.2) is 18.0 Å².